The lowest BCUT2D eigenvalue weighted by Crippen LogP contribution is -2.19. The van der Waals surface area contributed by atoms with Gasteiger partial charge in [-0.2, -0.15) is 0 Å². The van der Waals surface area contributed by atoms with E-state index in [-0.39, 0.29) is 6.04 Å². The number of ether oxygens (including phenoxy) is 1. The van der Waals surface area contributed by atoms with Crippen molar-refractivity contribution in [3.63, 3.8) is 0 Å². The fourth-order valence-corrected chi connectivity index (χ4v) is 1.88. The van der Waals surface area contributed by atoms with Gasteiger partial charge in [0.15, 0.2) is 0 Å². The van der Waals surface area contributed by atoms with Crippen LogP contribution in [0.4, 0.5) is 0 Å². The first-order chi connectivity index (χ1) is 8.19. The molecule has 0 aromatic carbocycles. The Hall–Kier alpha value is -1.09. The van der Waals surface area contributed by atoms with Gasteiger partial charge in [-0.25, -0.2) is 0 Å². The molecule has 1 heterocycles. The van der Waals surface area contributed by atoms with Crippen LogP contribution in [0.1, 0.15) is 51.6 Å². The summed E-state index contributed by atoms with van der Waals surface area (Å²) in [5, 5.41) is 0. The van der Waals surface area contributed by atoms with E-state index in [1.54, 1.807) is 6.20 Å². The monoisotopic (exact) mass is 236 g/mol. The predicted molar refractivity (Wildman–Crippen MR) is 71.0 cm³/mol. The average Bonchev–Trinajstić information content (AvgIpc) is 2.36. The summed E-state index contributed by atoms with van der Waals surface area (Å²) in [6, 6.07) is 2.06. The van der Waals surface area contributed by atoms with Crippen LogP contribution in [0.2, 0.25) is 0 Å². The van der Waals surface area contributed by atoms with Crippen molar-refractivity contribution in [2.45, 2.75) is 46.1 Å². The molecule has 0 radical (unpaired) electrons. The zero-order valence-corrected chi connectivity index (χ0v) is 11.1. The molecule has 1 rings (SSSR count). The predicted octanol–water partition coefficient (Wildman–Crippen LogP) is 3.31. The fourth-order valence-electron chi connectivity index (χ4n) is 1.88. The smallest absolute Gasteiger partial charge is 0.137 e. The molecule has 0 aliphatic carbocycles. The van der Waals surface area contributed by atoms with Crippen LogP contribution in [0, 0.1) is 5.92 Å². The number of hydrogen-bond donors (Lipinski definition) is 1. The van der Waals surface area contributed by atoms with Gasteiger partial charge in [-0.3, -0.25) is 4.98 Å². The number of nitrogens with zero attached hydrogens (tertiary/aromatic N) is 1. The lowest BCUT2D eigenvalue weighted by Gasteiger charge is -2.19. The van der Waals surface area contributed by atoms with E-state index in [1.165, 1.54) is 0 Å². The van der Waals surface area contributed by atoms with Crippen LogP contribution < -0.4 is 10.5 Å². The van der Waals surface area contributed by atoms with Gasteiger partial charge in [-0.1, -0.05) is 27.2 Å². The lowest BCUT2D eigenvalue weighted by atomic mass is 9.93. The SMILES string of the molecule is CCCOc1cncc(C(N)C(C)CCC)c1. The first-order valence-corrected chi connectivity index (χ1v) is 6.52. The van der Waals surface area contributed by atoms with E-state index in [9.17, 15) is 0 Å². The van der Waals surface area contributed by atoms with Gasteiger partial charge in [-0.15, -0.1) is 0 Å². The molecule has 2 atom stereocenters. The Bertz CT molecular complexity index is 328. The first-order valence-electron chi connectivity index (χ1n) is 6.52. The number of rotatable bonds is 7. The highest BCUT2D eigenvalue weighted by Crippen LogP contribution is 2.24. The van der Waals surface area contributed by atoms with Crippen molar-refractivity contribution in [2.75, 3.05) is 6.61 Å². The Morgan fingerprint density at radius 3 is 2.71 bits per heavy atom. The summed E-state index contributed by atoms with van der Waals surface area (Å²) in [6.07, 6.45) is 6.89. The Morgan fingerprint density at radius 1 is 1.29 bits per heavy atom. The maximum atomic E-state index is 6.23. The van der Waals surface area contributed by atoms with Crippen LogP contribution >= 0.6 is 0 Å². The molecular formula is C14H24N2O. The highest BCUT2D eigenvalue weighted by molar-refractivity contribution is 5.26. The molecule has 0 saturated carbocycles. The summed E-state index contributed by atoms with van der Waals surface area (Å²) in [7, 11) is 0. The summed E-state index contributed by atoms with van der Waals surface area (Å²) in [6.45, 7) is 7.19. The van der Waals surface area contributed by atoms with Gasteiger partial charge in [-0.05, 0) is 30.4 Å². The first kappa shape index (κ1) is 14.0. The molecule has 1 aromatic rings. The van der Waals surface area contributed by atoms with Crippen molar-refractivity contribution in [2.24, 2.45) is 11.7 Å². The van der Waals surface area contributed by atoms with Crippen LogP contribution in [-0.2, 0) is 0 Å². The molecule has 0 saturated heterocycles. The largest absolute Gasteiger partial charge is 0.492 e. The van der Waals surface area contributed by atoms with Gasteiger partial charge in [0.25, 0.3) is 0 Å². The van der Waals surface area contributed by atoms with Crippen LogP contribution in [0.25, 0.3) is 0 Å². The van der Waals surface area contributed by atoms with E-state index in [0.717, 1.165) is 37.2 Å². The fraction of sp³-hybridized carbons (Fsp3) is 0.643. The number of pyridine rings is 1. The minimum Gasteiger partial charge on any atom is -0.492 e. The number of nitrogens with two attached hydrogens (primary N) is 1. The van der Waals surface area contributed by atoms with Gasteiger partial charge in [0, 0.05) is 12.2 Å². The van der Waals surface area contributed by atoms with Crippen LogP contribution in [0.15, 0.2) is 18.5 Å². The molecule has 0 amide bonds. The van der Waals surface area contributed by atoms with E-state index >= 15 is 0 Å². The molecule has 2 N–H and O–H groups in total. The van der Waals surface area contributed by atoms with Gasteiger partial charge >= 0.3 is 0 Å². The summed E-state index contributed by atoms with van der Waals surface area (Å²) >= 11 is 0. The van der Waals surface area contributed by atoms with Crippen molar-refractivity contribution in [3.05, 3.63) is 24.0 Å². The highest BCUT2D eigenvalue weighted by atomic mass is 16.5. The minimum absolute atomic E-state index is 0.0487. The minimum atomic E-state index is 0.0487. The third-order valence-electron chi connectivity index (χ3n) is 2.95. The molecule has 0 bridgehead atoms. The number of aromatic nitrogens is 1. The Labute approximate surface area is 104 Å². The van der Waals surface area contributed by atoms with E-state index in [0.29, 0.717) is 5.92 Å². The molecule has 0 fully saturated rings. The molecule has 0 spiro atoms. The summed E-state index contributed by atoms with van der Waals surface area (Å²) in [5.41, 5.74) is 7.30. The van der Waals surface area contributed by atoms with E-state index in [1.807, 2.05) is 12.3 Å². The molecule has 3 nitrogen and oxygen atoms in total. The Kier molecular flexibility index (Phi) is 5.98. The standard InChI is InChI=1S/C14H24N2O/c1-4-6-11(3)14(15)12-8-13(10-16-9-12)17-7-5-2/h8-11,14H,4-7,15H2,1-3H3. The highest BCUT2D eigenvalue weighted by Gasteiger charge is 2.14. The molecule has 2 unspecified atom stereocenters. The van der Waals surface area contributed by atoms with Crippen molar-refractivity contribution >= 4 is 0 Å². The van der Waals surface area contributed by atoms with Gasteiger partial charge in [0.2, 0.25) is 0 Å². The Morgan fingerprint density at radius 2 is 2.06 bits per heavy atom. The van der Waals surface area contributed by atoms with Crippen LogP contribution in [0.5, 0.6) is 5.75 Å². The zero-order chi connectivity index (χ0) is 12.7. The van der Waals surface area contributed by atoms with Crippen LogP contribution in [0.3, 0.4) is 0 Å². The van der Waals surface area contributed by atoms with Gasteiger partial charge < -0.3 is 10.5 Å². The summed E-state index contributed by atoms with van der Waals surface area (Å²) in [5.74, 6) is 1.30. The second kappa shape index (κ2) is 7.28. The molecule has 0 aliphatic rings. The Balaban J connectivity index is 2.69. The third-order valence-corrected chi connectivity index (χ3v) is 2.95. The zero-order valence-electron chi connectivity index (χ0n) is 11.1. The van der Waals surface area contributed by atoms with Crippen molar-refractivity contribution in [1.29, 1.82) is 0 Å². The molecular weight excluding hydrogens is 212 g/mol. The maximum absolute atomic E-state index is 6.23. The average molecular weight is 236 g/mol. The molecule has 1 aromatic heterocycles. The van der Waals surface area contributed by atoms with E-state index < -0.39 is 0 Å². The molecule has 0 aliphatic heterocycles. The topological polar surface area (TPSA) is 48.1 Å². The summed E-state index contributed by atoms with van der Waals surface area (Å²) < 4.78 is 5.57. The van der Waals surface area contributed by atoms with Crippen molar-refractivity contribution < 1.29 is 4.74 Å². The van der Waals surface area contributed by atoms with E-state index in [4.69, 9.17) is 10.5 Å². The van der Waals surface area contributed by atoms with Gasteiger partial charge in [0.05, 0.1) is 12.8 Å². The van der Waals surface area contributed by atoms with Crippen LogP contribution in [-0.4, -0.2) is 11.6 Å². The second-order valence-corrected chi connectivity index (χ2v) is 4.59. The number of hydrogen-bond acceptors (Lipinski definition) is 3. The second-order valence-electron chi connectivity index (χ2n) is 4.59. The summed E-state index contributed by atoms with van der Waals surface area (Å²) in [4.78, 5) is 4.20. The maximum Gasteiger partial charge on any atom is 0.137 e. The molecule has 17 heavy (non-hydrogen) atoms. The molecule has 96 valence electrons. The third kappa shape index (κ3) is 4.35. The quantitative estimate of drug-likeness (QED) is 0.790. The van der Waals surface area contributed by atoms with Gasteiger partial charge in [0.1, 0.15) is 5.75 Å². The van der Waals surface area contributed by atoms with Crippen molar-refractivity contribution in [1.82, 2.24) is 4.98 Å². The molecule has 3 heteroatoms. The van der Waals surface area contributed by atoms with E-state index in [2.05, 4.69) is 25.8 Å². The lowest BCUT2D eigenvalue weighted by molar-refractivity contribution is 0.315. The van der Waals surface area contributed by atoms with Crippen molar-refractivity contribution in [3.8, 4) is 5.75 Å². The normalized spacial score (nSPS) is 14.4.